The molecule has 19 heavy (non-hydrogen) atoms. The van der Waals surface area contributed by atoms with E-state index in [0.717, 1.165) is 11.1 Å². The number of benzene rings is 1. The Kier molecular flexibility index (Phi) is 3.80. The summed E-state index contributed by atoms with van der Waals surface area (Å²) in [5, 5.41) is 10.0. The van der Waals surface area contributed by atoms with E-state index >= 15 is 0 Å². The maximum atomic E-state index is 12.6. The number of sulfonamides is 1. The molecule has 4 nitrogen and oxygen atoms in total. The Hall–Kier alpha value is -1.17. The fourth-order valence-corrected chi connectivity index (χ4v) is 3.92. The minimum Gasteiger partial charge on any atom is -0.387 e. The van der Waals surface area contributed by atoms with E-state index in [1.54, 1.807) is 37.3 Å². The molecule has 1 aliphatic rings. The highest BCUT2D eigenvalue weighted by Gasteiger charge is 2.40. The zero-order valence-electron chi connectivity index (χ0n) is 11.4. The summed E-state index contributed by atoms with van der Waals surface area (Å²) in [4.78, 5) is 0.273. The molecular formula is C14H19NO3S. The number of nitrogens with zero attached hydrogens (tertiary/aromatic N) is 1. The normalized spacial score (nSPS) is 27.1. The first-order chi connectivity index (χ1) is 8.87. The maximum absolute atomic E-state index is 12.6. The Balaban J connectivity index is 2.38. The van der Waals surface area contributed by atoms with Crippen molar-refractivity contribution in [1.29, 1.82) is 0 Å². The van der Waals surface area contributed by atoms with Gasteiger partial charge in [-0.15, -0.1) is 0 Å². The van der Waals surface area contributed by atoms with Crippen LogP contribution >= 0.6 is 0 Å². The van der Waals surface area contributed by atoms with Crippen molar-refractivity contribution >= 4 is 10.0 Å². The molecule has 0 aliphatic carbocycles. The number of allylic oxidation sites excluding steroid dienone is 1. The van der Waals surface area contributed by atoms with Gasteiger partial charge in [0.25, 0.3) is 0 Å². The summed E-state index contributed by atoms with van der Waals surface area (Å²) in [6.07, 6.45) is 1.07. The Bertz CT molecular complexity index is 590. The van der Waals surface area contributed by atoms with Crippen molar-refractivity contribution < 1.29 is 13.5 Å². The van der Waals surface area contributed by atoms with E-state index < -0.39 is 22.2 Å². The molecule has 2 rings (SSSR count). The summed E-state index contributed by atoms with van der Waals surface area (Å²) >= 11 is 0. The third-order valence-electron chi connectivity index (χ3n) is 3.63. The predicted molar refractivity (Wildman–Crippen MR) is 74.3 cm³/mol. The first-order valence-electron chi connectivity index (χ1n) is 6.29. The molecule has 0 bridgehead atoms. The topological polar surface area (TPSA) is 57.6 Å². The zero-order valence-corrected chi connectivity index (χ0v) is 12.2. The fourth-order valence-electron chi connectivity index (χ4n) is 2.30. The molecule has 5 heteroatoms. The second-order valence-electron chi connectivity index (χ2n) is 4.91. The second kappa shape index (κ2) is 5.07. The first kappa shape index (κ1) is 14.2. The van der Waals surface area contributed by atoms with Crippen LogP contribution in [0.2, 0.25) is 0 Å². The quantitative estimate of drug-likeness (QED) is 0.839. The minimum absolute atomic E-state index is 0.259. The van der Waals surface area contributed by atoms with Crippen molar-refractivity contribution in [2.24, 2.45) is 0 Å². The van der Waals surface area contributed by atoms with Crippen molar-refractivity contribution in [3.8, 4) is 0 Å². The molecule has 0 amide bonds. The molecule has 0 spiro atoms. The van der Waals surface area contributed by atoms with Gasteiger partial charge in [-0.2, -0.15) is 4.31 Å². The van der Waals surface area contributed by atoms with E-state index in [9.17, 15) is 13.5 Å². The van der Waals surface area contributed by atoms with Gasteiger partial charge in [-0.25, -0.2) is 8.42 Å². The van der Waals surface area contributed by atoms with Gasteiger partial charge in [0.2, 0.25) is 10.0 Å². The average molecular weight is 281 g/mol. The second-order valence-corrected chi connectivity index (χ2v) is 6.80. The molecule has 1 N–H and O–H groups in total. The van der Waals surface area contributed by atoms with E-state index in [2.05, 4.69) is 0 Å². The summed E-state index contributed by atoms with van der Waals surface area (Å²) in [7, 11) is -3.55. The highest BCUT2D eigenvalue weighted by molar-refractivity contribution is 7.89. The Labute approximate surface area is 114 Å². The van der Waals surface area contributed by atoms with Gasteiger partial charge in [-0.05, 0) is 38.5 Å². The van der Waals surface area contributed by atoms with Crippen molar-refractivity contribution in [2.45, 2.75) is 37.8 Å². The van der Waals surface area contributed by atoms with Crippen LogP contribution < -0.4 is 0 Å². The molecule has 1 saturated heterocycles. The van der Waals surface area contributed by atoms with Gasteiger partial charge < -0.3 is 5.11 Å². The van der Waals surface area contributed by atoms with Crippen LogP contribution in [0.1, 0.15) is 19.4 Å². The molecule has 1 aromatic rings. The first-order valence-corrected chi connectivity index (χ1v) is 7.73. The summed E-state index contributed by atoms with van der Waals surface area (Å²) in [6.45, 7) is 5.71. The fraction of sp³-hybridized carbons (Fsp3) is 0.429. The Morgan fingerprint density at radius 1 is 1.32 bits per heavy atom. The van der Waals surface area contributed by atoms with Crippen LogP contribution in [0.5, 0.6) is 0 Å². The average Bonchev–Trinajstić information content (AvgIpc) is 2.67. The lowest BCUT2D eigenvalue weighted by Gasteiger charge is -2.21. The number of hydrogen-bond acceptors (Lipinski definition) is 3. The van der Waals surface area contributed by atoms with E-state index in [0.29, 0.717) is 0 Å². The van der Waals surface area contributed by atoms with Gasteiger partial charge in [0.1, 0.15) is 0 Å². The molecule has 1 fully saturated rings. The van der Waals surface area contributed by atoms with E-state index in [4.69, 9.17) is 0 Å². The van der Waals surface area contributed by atoms with Crippen molar-refractivity contribution in [2.75, 3.05) is 6.54 Å². The van der Waals surface area contributed by atoms with Crippen molar-refractivity contribution in [3.63, 3.8) is 0 Å². The lowest BCUT2D eigenvalue weighted by atomic mass is 10.1. The third kappa shape index (κ3) is 2.45. The number of aliphatic hydroxyl groups excluding tert-OH is 1. The standard InChI is InChI=1S/C14H19NO3S/c1-4-12-9-15(11(3)14(12)16)19(17,18)13-7-5-10(2)6-8-13/h4-8,11,14,16H,9H2,1-3H3/b12-4+/t11-,14+/m1/s1. The molecule has 0 unspecified atom stereocenters. The van der Waals surface area contributed by atoms with Crippen LogP contribution in [0.25, 0.3) is 0 Å². The molecule has 104 valence electrons. The monoisotopic (exact) mass is 281 g/mol. The van der Waals surface area contributed by atoms with E-state index in [-0.39, 0.29) is 11.4 Å². The summed E-state index contributed by atoms with van der Waals surface area (Å²) < 4.78 is 26.5. The Morgan fingerprint density at radius 3 is 2.37 bits per heavy atom. The highest BCUT2D eigenvalue weighted by Crippen LogP contribution is 2.29. The summed E-state index contributed by atoms with van der Waals surface area (Å²) in [6, 6.07) is 6.34. The van der Waals surface area contributed by atoms with Crippen LogP contribution in [0.4, 0.5) is 0 Å². The predicted octanol–water partition coefficient (Wildman–Crippen LogP) is 1.70. The SMILES string of the molecule is C/C=C1\CN(S(=O)(=O)c2ccc(C)cc2)[C@H](C)[C@@H]1O. The highest BCUT2D eigenvalue weighted by atomic mass is 32.2. The van der Waals surface area contributed by atoms with Crippen molar-refractivity contribution in [3.05, 3.63) is 41.5 Å². The number of rotatable bonds is 2. The molecule has 1 aromatic carbocycles. The van der Waals surface area contributed by atoms with Gasteiger partial charge in [-0.1, -0.05) is 23.8 Å². The number of aliphatic hydroxyl groups is 1. The molecule has 2 atom stereocenters. The smallest absolute Gasteiger partial charge is 0.243 e. The Morgan fingerprint density at radius 2 is 1.89 bits per heavy atom. The molecule has 0 radical (unpaired) electrons. The number of aryl methyl sites for hydroxylation is 1. The van der Waals surface area contributed by atoms with Crippen LogP contribution in [-0.2, 0) is 10.0 Å². The van der Waals surface area contributed by atoms with E-state index in [1.807, 2.05) is 13.8 Å². The van der Waals surface area contributed by atoms with E-state index in [1.165, 1.54) is 4.31 Å². The van der Waals surface area contributed by atoms with Crippen LogP contribution in [0.3, 0.4) is 0 Å². The van der Waals surface area contributed by atoms with Crippen LogP contribution in [0.15, 0.2) is 40.8 Å². The molecular weight excluding hydrogens is 262 g/mol. The summed E-state index contributed by atoms with van der Waals surface area (Å²) in [5.41, 5.74) is 1.77. The van der Waals surface area contributed by atoms with Crippen LogP contribution in [0, 0.1) is 6.92 Å². The van der Waals surface area contributed by atoms with Gasteiger partial charge in [0.15, 0.2) is 0 Å². The number of hydrogen-bond donors (Lipinski definition) is 1. The molecule has 0 saturated carbocycles. The third-order valence-corrected chi connectivity index (χ3v) is 5.57. The molecule has 1 heterocycles. The van der Waals surface area contributed by atoms with Gasteiger partial charge >= 0.3 is 0 Å². The van der Waals surface area contributed by atoms with Gasteiger partial charge in [0, 0.05) is 6.54 Å². The molecule has 0 aromatic heterocycles. The van der Waals surface area contributed by atoms with Gasteiger partial charge in [0.05, 0.1) is 17.0 Å². The van der Waals surface area contributed by atoms with Crippen molar-refractivity contribution in [1.82, 2.24) is 4.31 Å². The zero-order chi connectivity index (χ0) is 14.2. The lowest BCUT2D eigenvalue weighted by molar-refractivity contribution is 0.173. The summed E-state index contributed by atoms with van der Waals surface area (Å²) in [5.74, 6) is 0. The minimum atomic E-state index is -3.55. The van der Waals surface area contributed by atoms with Gasteiger partial charge in [-0.3, -0.25) is 0 Å². The molecule has 1 aliphatic heterocycles. The largest absolute Gasteiger partial charge is 0.387 e. The van der Waals surface area contributed by atoms with Crippen LogP contribution in [-0.4, -0.2) is 36.5 Å². The maximum Gasteiger partial charge on any atom is 0.243 e. The lowest BCUT2D eigenvalue weighted by Crippen LogP contribution is -2.37.